The lowest BCUT2D eigenvalue weighted by Crippen LogP contribution is -2.20. The SMILES string of the molecule is COc1ccc(CC(=O)C[C@@H]2[C@H]3Oc4ccc(Oc5ccnc6c5CCC(=O)N6)cc4[C@@H]23)c(Cl)c1.COc1ccc(CCC(=O)C[C@@H]2[C@H]3Oc4ccc(Oc5ccnc6c5CCC(=O)N6)cc4[C@@H]23)cc1.O=C(Cc1cc(C(F)(F)F)ccn1)C[C@@H]1[C@H]2Oc3ccc(Oc4ccnc5c4CCC(=O)N5)cc3[C@@H]12.O=C(Cc1cccc(C(F)(F)F)c1)C[C@@H]1[C@H]2Oc3ccc(Oc4ccnc5c4CCC(=O)N5)cc3[C@@H]12. The van der Waals surface area contributed by atoms with E-state index in [9.17, 15) is 64.7 Å². The van der Waals surface area contributed by atoms with Crippen molar-refractivity contribution < 1.29 is 112 Å². The Morgan fingerprint density at radius 1 is 0.359 bits per heavy atom. The number of anilines is 4. The van der Waals surface area contributed by atoms with Crippen molar-refractivity contribution in [3.8, 4) is 80.5 Å². The van der Waals surface area contributed by atoms with Crippen molar-refractivity contribution in [1.29, 1.82) is 0 Å². The van der Waals surface area contributed by atoms with Gasteiger partial charge in [-0.2, -0.15) is 26.3 Å². The topological polar surface area (TPSA) is 341 Å². The predicted octanol–water partition coefficient (Wildman–Crippen LogP) is 20.2. The Balaban J connectivity index is 0.000000112. The number of benzene rings is 7. The van der Waals surface area contributed by atoms with Crippen molar-refractivity contribution in [2.24, 2.45) is 23.7 Å². The number of fused-ring (bicyclic) bond motifs is 16. The van der Waals surface area contributed by atoms with E-state index in [0.29, 0.717) is 157 Å². The molecule has 12 aliphatic rings. The molecule has 0 bridgehead atoms. The Bertz CT molecular complexity index is 6900. The lowest BCUT2D eigenvalue weighted by Gasteiger charge is -2.19. The first-order valence-electron chi connectivity index (χ1n) is 46.9. The van der Waals surface area contributed by atoms with E-state index in [4.69, 9.17) is 59.0 Å². The molecule has 8 aliphatic heterocycles. The number of carbonyl (C=O) groups is 8. The van der Waals surface area contributed by atoms with E-state index in [1.165, 1.54) is 6.07 Å². The molecule has 12 aromatic rings. The third-order valence-electron chi connectivity index (χ3n) is 27.7. The molecular formula is C108H90ClF6N9O18. The van der Waals surface area contributed by atoms with Crippen molar-refractivity contribution in [2.45, 2.75) is 170 Å². The summed E-state index contributed by atoms with van der Waals surface area (Å²) >= 11 is 6.31. The van der Waals surface area contributed by atoms with E-state index < -0.39 is 23.5 Å². The Hall–Kier alpha value is -15.3. The normalized spacial score (nSPS) is 21.4. The highest BCUT2D eigenvalue weighted by molar-refractivity contribution is 6.31. The molecule has 0 spiro atoms. The average molecular weight is 1950 g/mol. The lowest BCUT2D eigenvalue weighted by molar-refractivity contribution is -0.138. The van der Waals surface area contributed by atoms with Gasteiger partial charge in [-0.05, 0) is 188 Å². The van der Waals surface area contributed by atoms with Crippen LogP contribution in [0.25, 0.3) is 0 Å². The lowest BCUT2D eigenvalue weighted by atomic mass is 10.0. The molecule has 5 aromatic heterocycles. The Morgan fingerprint density at radius 2 is 0.704 bits per heavy atom. The molecule has 4 N–H and O–H groups in total. The number of aromatic nitrogens is 5. The molecular weight excluding hydrogens is 1860 g/mol. The fourth-order valence-electron chi connectivity index (χ4n) is 20.4. The van der Waals surface area contributed by atoms with Gasteiger partial charge >= 0.3 is 12.4 Å². The van der Waals surface area contributed by atoms with Crippen LogP contribution >= 0.6 is 11.6 Å². The van der Waals surface area contributed by atoms with Crippen molar-refractivity contribution in [3.05, 3.63) is 290 Å². The fourth-order valence-corrected chi connectivity index (χ4v) is 20.7. The number of ether oxygens (including phenoxy) is 10. The highest BCUT2D eigenvalue weighted by atomic mass is 35.5. The van der Waals surface area contributed by atoms with Crippen molar-refractivity contribution in [1.82, 2.24) is 24.9 Å². The quantitative estimate of drug-likeness (QED) is 0.0347. The van der Waals surface area contributed by atoms with Gasteiger partial charge in [0.05, 0.1) is 25.3 Å². The second-order valence-corrected chi connectivity index (χ2v) is 37.5. The van der Waals surface area contributed by atoms with Gasteiger partial charge in [-0.3, -0.25) is 43.3 Å². The average Bonchev–Trinajstić information content (AvgIpc) is 1.57. The van der Waals surface area contributed by atoms with Crippen LogP contribution < -0.4 is 68.6 Å². The third-order valence-corrected chi connectivity index (χ3v) is 28.1. The Morgan fingerprint density at radius 3 is 1.08 bits per heavy atom. The predicted molar refractivity (Wildman–Crippen MR) is 503 cm³/mol. The van der Waals surface area contributed by atoms with Crippen molar-refractivity contribution in [3.63, 3.8) is 0 Å². The summed E-state index contributed by atoms with van der Waals surface area (Å²) in [4.78, 5) is 118. The summed E-state index contributed by atoms with van der Waals surface area (Å²) in [5.74, 6) is 12.9. The number of ketones is 4. The van der Waals surface area contributed by atoms with Gasteiger partial charge in [0.1, 0.15) is 151 Å². The summed E-state index contributed by atoms with van der Waals surface area (Å²) in [6.45, 7) is 0. The smallest absolute Gasteiger partial charge is 0.416 e. The molecule has 27 nitrogen and oxygen atoms in total. The third kappa shape index (κ3) is 20.0. The number of nitrogens with zero attached hydrogens (tertiary/aromatic N) is 5. The summed E-state index contributed by atoms with van der Waals surface area (Å²) in [7, 11) is 3.23. The molecule has 24 rings (SSSR count). The van der Waals surface area contributed by atoms with E-state index in [2.05, 4.69) is 46.2 Å². The van der Waals surface area contributed by atoms with E-state index in [1.807, 2.05) is 115 Å². The van der Waals surface area contributed by atoms with Crippen LogP contribution in [-0.4, -0.2) is 110 Å². The summed E-state index contributed by atoms with van der Waals surface area (Å²) in [5, 5.41) is 11.6. The zero-order valence-corrected chi connectivity index (χ0v) is 77.1. The second kappa shape index (κ2) is 38.4. The number of alkyl halides is 6. The molecule has 4 aliphatic carbocycles. The van der Waals surface area contributed by atoms with Gasteiger partial charge < -0.3 is 68.6 Å². The number of Topliss-reactive ketones (excluding diaryl/α,β-unsaturated/α-hetero) is 4. The van der Waals surface area contributed by atoms with Crippen LogP contribution in [0.5, 0.6) is 80.5 Å². The molecule has 4 saturated carbocycles. The van der Waals surface area contributed by atoms with Crippen LogP contribution in [0.15, 0.2) is 207 Å². The van der Waals surface area contributed by atoms with Crippen molar-refractivity contribution >= 4 is 81.6 Å². The van der Waals surface area contributed by atoms with Gasteiger partial charge in [-0.1, -0.05) is 48.0 Å². The largest absolute Gasteiger partial charge is 0.497 e. The van der Waals surface area contributed by atoms with Gasteiger partial charge in [-0.15, -0.1) is 0 Å². The molecule has 4 fully saturated rings. The number of carbonyl (C=O) groups excluding carboxylic acids is 8. The van der Waals surface area contributed by atoms with Gasteiger partial charge in [0.25, 0.3) is 0 Å². The van der Waals surface area contributed by atoms with E-state index >= 15 is 0 Å². The highest BCUT2D eigenvalue weighted by Crippen LogP contribution is 2.65. The molecule has 13 heterocycles. The van der Waals surface area contributed by atoms with Gasteiger partial charge in [0.2, 0.25) is 23.6 Å². The first kappa shape index (κ1) is 93.0. The van der Waals surface area contributed by atoms with Gasteiger partial charge in [0.15, 0.2) is 0 Å². The first-order chi connectivity index (χ1) is 68.6. The van der Waals surface area contributed by atoms with Gasteiger partial charge in [-0.25, -0.2) is 19.9 Å². The van der Waals surface area contributed by atoms with Crippen molar-refractivity contribution in [2.75, 3.05) is 35.5 Å². The molecule has 724 valence electrons. The van der Waals surface area contributed by atoms with E-state index in [1.54, 1.807) is 69.3 Å². The zero-order chi connectivity index (χ0) is 98.1. The summed E-state index contributed by atoms with van der Waals surface area (Å²) in [6.07, 6.45) is 5.08. The maximum Gasteiger partial charge on any atom is 0.416 e. The summed E-state index contributed by atoms with van der Waals surface area (Å²) in [5.41, 5.74) is 8.42. The molecule has 12 atom stereocenters. The van der Waals surface area contributed by atoms with Crippen LogP contribution in [0.3, 0.4) is 0 Å². The monoisotopic (exact) mass is 1950 g/mol. The summed E-state index contributed by atoms with van der Waals surface area (Å²) in [6, 6.07) is 49.8. The number of rotatable bonds is 27. The molecule has 34 heteroatoms. The van der Waals surface area contributed by atoms with E-state index in [0.717, 1.165) is 127 Å². The van der Waals surface area contributed by atoms with Gasteiger partial charge in [0, 0.05) is 211 Å². The number of methoxy groups -OCH3 is 2. The van der Waals surface area contributed by atoms with Crippen LogP contribution in [-0.2, 0) is 102 Å². The Labute approximate surface area is 813 Å². The van der Waals surface area contributed by atoms with Crippen LogP contribution in [0.2, 0.25) is 5.02 Å². The fraction of sp³-hybridized carbons (Fsp3) is 0.306. The minimum Gasteiger partial charge on any atom is -0.497 e. The summed E-state index contributed by atoms with van der Waals surface area (Å²) < 4.78 is 137. The number of pyridine rings is 5. The van der Waals surface area contributed by atoms with Crippen LogP contribution in [0, 0.1) is 23.7 Å². The number of hydrogen-bond acceptors (Lipinski definition) is 23. The Kier molecular flexibility index (Phi) is 25.1. The second-order valence-electron chi connectivity index (χ2n) is 37.1. The molecule has 7 aromatic carbocycles. The van der Waals surface area contributed by atoms with E-state index in [-0.39, 0.29) is 150 Å². The molecule has 4 amide bonds. The first-order valence-corrected chi connectivity index (χ1v) is 47.2. The minimum atomic E-state index is -4.48. The standard InChI is InChI=1S/C28H26N2O5.C27H23ClN2O5.C27H21F3N2O4.C26H20F3N3O4/c1-33-18-6-3-16(4-7-18)2-5-17(31)14-22-26-21-15-19(8-10-23(21)35-27(22)26)34-24-12-13-29-28-20(24)9-11-25(32)30-28;1-33-16-3-2-14(21(28)13-16)10-15(31)11-20-25-19-12-17(4-6-22(19)35-26(20)25)34-23-8-9-29-27-18(23)5-7-24(32)30-27;28-27(29,30)15-3-1-2-14(10-15)11-16(33)12-20-24-19-13-17(4-6-21(19)36-25(20)24)35-22-8-9-31-26-18(22)5-7-23(34)32-26;27-26(28,29)13-5-7-30-14(9-13)10-15(33)11-19-23-18-12-16(1-3-20(18)36-24(19)23)35-21-6-8-31-25-17(21)2-4-22(34)32-25/h3-4,6-8,10,12-13,15,22,26-27H,2,5,9,11,14H2,1H3,(H,29,30,32);2-4,6,8-9,12-13,20,25-26H,5,7,10-11H2,1H3,(H,29,30,32);1-4,6,8-10,13,20,24-25H,5,7,11-12H2,(H,31,32,34);1,3,5-9,12,19,23-24H,2,4,10-11H2,(H,31,32,34)/t22-,26-,27+;20-,25-,26+;20-,24-,25+;19-,23-,24+/m0000/s1. The number of amides is 4. The maximum atomic E-state index is 13.0. The minimum absolute atomic E-state index is 0.00468. The molecule has 0 unspecified atom stereocenters. The number of halogens is 7. The number of nitrogens with one attached hydrogen (secondary N) is 4. The highest BCUT2D eigenvalue weighted by Gasteiger charge is 2.62. The maximum absolute atomic E-state index is 13.0. The molecule has 0 radical (unpaired) electrons. The van der Waals surface area contributed by atoms with Crippen LogP contribution in [0.1, 0.15) is 159 Å². The van der Waals surface area contributed by atoms with Crippen LogP contribution in [0.4, 0.5) is 49.6 Å². The number of aryl methyl sites for hydroxylation is 1. The number of hydrogen-bond donors (Lipinski definition) is 4. The molecule has 0 saturated heterocycles. The molecule has 142 heavy (non-hydrogen) atoms. The zero-order valence-electron chi connectivity index (χ0n) is 76.3.